The quantitative estimate of drug-likeness (QED) is 0.647. The lowest BCUT2D eigenvalue weighted by Crippen LogP contribution is -2.43. The minimum Gasteiger partial charge on any atom is -0.492 e. The minimum atomic E-state index is 0.202. The summed E-state index contributed by atoms with van der Waals surface area (Å²) < 4.78 is 5.80. The molecule has 166 valence electrons. The van der Waals surface area contributed by atoms with E-state index in [9.17, 15) is 4.79 Å². The number of pyridine rings is 1. The molecule has 1 aromatic heterocycles. The van der Waals surface area contributed by atoms with Gasteiger partial charge in [0.15, 0.2) is 0 Å². The Morgan fingerprint density at radius 1 is 1.26 bits per heavy atom. The Morgan fingerprint density at radius 3 is 2.68 bits per heavy atom. The van der Waals surface area contributed by atoms with Crippen molar-refractivity contribution in [3.63, 3.8) is 0 Å². The van der Waals surface area contributed by atoms with Crippen molar-refractivity contribution in [2.45, 2.75) is 45.6 Å². The summed E-state index contributed by atoms with van der Waals surface area (Å²) in [7, 11) is 1.91. The number of carbonyl (C=O) groups excluding carboxylic acids is 1. The fraction of sp³-hybridized carbons (Fsp3) is 0.538. The summed E-state index contributed by atoms with van der Waals surface area (Å²) in [6, 6.07) is 12.7. The lowest BCUT2D eigenvalue weighted by atomic mass is 9.89. The molecular weight excluding hydrogens is 386 g/mol. The Hall–Kier alpha value is -2.40. The molecule has 0 radical (unpaired) electrons. The number of rotatable bonds is 8. The number of nitrogens with zero attached hydrogens (tertiary/aromatic N) is 3. The Balaban J connectivity index is 1.20. The molecule has 31 heavy (non-hydrogen) atoms. The molecular formula is C26H35N3O2. The van der Waals surface area contributed by atoms with Crippen molar-refractivity contribution in [2.75, 3.05) is 33.3 Å². The molecule has 2 atom stereocenters. The number of benzene rings is 1. The molecule has 0 unspecified atom stereocenters. The lowest BCUT2D eigenvalue weighted by Gasteiger charge is -2.37. The van der Waals surface area contributed by atoms with E-state index in [-0.39, 0.29) is 11.3 Å². The summed E-state index contributed by atoms with van der Waals surface area (Å²) in [5, 5.41) is 0. The standard InChI is InChI=1S/C26H35N3O2/c1-20-6-8-23(9-7-20)31-16-15-28(3)25(30)24-18-26(24)10-13-29(14-11-26)21(2)17-22-5-4-12-27-19-22/h4-9,12,19,21,24H,10-11,13-18H2,1-3H3/t21-,24+/m0/s1. The van der Waals surface area contributed by atoms with Crippen LogP contribution >= 0.6 is 0 Å². The zero-order chi connectivity index (χ0) is 21.8. The number of likely N-dealkylation sites (tertiary alicyclic amines) is 1. The number of likely N-dealkylation sites (N-methyl/N-ethyl adjacent to an activating group) is 1. The Labute approximate surface area is 186 Å². The first-order valence-electron chi connectivity index (χ1n) is 11.5. The van der Waals surface area contributed by atoms with Gasteiger partial charge < -0.3 is 14.5 Å². The largest absolute Gasteiger partial charge is 0.492 e. The van der Waals surface area contributed by atoms with Gasteiger partial charge in [0.05, 0.1) is 6.54 Å². The number of piperidine rings is 1. The third-order valence-electron chi connectivity index (χ3n) is 7.25. The van der Waals surface area contributed by atoms with Gasteiger partial charge in [0.25, 0.3) is 0 Å². The van der Waals surface area contributed by atoms with Crippen LogP contribution in [0, 0.1) is 18.3 Å². The van der Waals surface area contributed by atoms with Crippen LogP contribution in [0.25, 0.3) is 0 Å². The molecule has 2 aliphatic rings. The van der Waals surface area contributed by atoms with E-state index in [2.05, 4.69) is 29.8 Å². The van der Waals surface area contributed by atoms with E-state index in [1.54, 1.807) is 0 Å². The zero-order valence-electron chi connectivity index (χ0n) is 19.1. The molecule has 1 saturated heterocycles. The van der Waals surface area contributed by atoms with Crippen LogP contribution in [-0.2, 0) is 11.2 Å². The SMILES string of the molecule is Cc1ccc(OCCN(C)C(=O)[C@H]2CC23CCN([C@@H](C)Cc2cccnc2)CC3)cc1. The molecule has 1 spiro atoms. The first-order valence-corrected chi connectivity index (χ1v) is 11.5. The topological polar surface area (TPSA) is 45.7 Å². The van der Waals surface area contributed by atoms with E-state index in [1.165, 1.54) is 11.1 Å². The minimum absolute atomic E-state index is 0.202. The molecule has 1 aromatic carbocycles. The van der Waals surface area contributed by atoms with Gasteiger partial charge in [-0.15, -0.1) is 0 Å². The molecule has 4 rings (SSSR count). The van der Waals surface area contributed by atoms with Crippen LogP contribution in [0.3, 0.4) is 0 Å². The molecule has 2 aromatic rings. The molecule has 2 heterocycles. The van der Waals surface area contributed by atoms with Crippen LogP contribution in [0.5, 0.6) is 5.75 Å². The van der Waals surface area contributed by atoms with E-state index >= 15 is 0 Å². The van der Waals surface area contributed by atoms with Gasteiger partial charge in [0.1, 0.15) is 12.4 Å². The van der Waals surface area contributed by atoms with E-state index < -0.39 is 0 Å². The third-order valence-corrected chi connectivity index (χ3v) is 7.25. The van der Waals surface area contributed by atoms with E-state index in [1.807, 2.05) is 54.7 Å². The van der Waals surface area contributed by atoms with Crippen LogP contribution in [-0.4, -0.2) is 60.0 Å². The normalized spacial score (nSPS) is 20.9. The Morgan fingerprint density at radius 2 is 2.00 bits per heavy atom. The smallest absolute Gasteiger partial charge is 0.226 e. The molecule has 0 N–H and O–H groups in total. The first-order chi connectivity index (χ1) is 15.0. The number of aromatic nitrogens is 1. The van der Waals surface area contributed by atoms with E-state index in [0.717, 1.165) is 44.5 Å². The van der Waals surface area contributed by atoms with Gasteiger partial charge in [0, 0.05) is 31.4 Å². The predicted octanol–water partition coefficient (Wildman–Crippen LogP) is 3.96. The fourth-order valence-electron chi connectivity index (χ4n) is 4.96. The van der Waals surface area contributed by atoms with Crippen molar-refractivity contribution < 1.29 is 9.53 Å². The Kier molecular flexibility index (Phi) is 6.61. The second-order valence-corrected chi connectivity index (χ2v) is 9.49. The monoisotopic (exact) mass is 421 g/mol. The van der Waals surface area contributed by atoms with Gasteiger partial charge >= 0.3 is 0 Å². The molecule has 1 aliphatic heterocycles. The summed E-state index contributed by atoms with van der Waals surface area (Å²) >= 11 is 0. The second kappa shape index (κ2) is 9.39. The lowest BCUT2D eigenvalue weighted by molar-refractivity contribution is -0.132. The van der Waals surface area contributed by atoms with Gasteiger partial charge in [0.2, 0.25) is 5.91 Å². The summed E-state index contributed by atoms with van der Waals surface area (Å²) in [6.45, 7) is 7.71. The van der Waals surface area contributed by atoms with Crippen LogP contribution < -0.4 is 4.74 Å². The van der Waals surface area contributed by atoms with Gasteiger partial charge in [-0.25, -0.2) is 0 Å². The number of hydrogen-bond donors (Lipinski definition) is 0. The van der Waals surface area contributed by atoms with Crippen molar-refractivity contribution in [2.24, 2.45) is 11.3 Å². The van der Waals surface area contributed by atoms with Crippen LogP contribution in [0.4, 0.5) is 0 Å². The highest BCUT2D eigenvalue weighted by Gasteiger charge is 2.59. The van der Waals surface area contributed by atoms with Gasteiger partial charge in [-0.05, 0) is 81.8 Å². The third kappa shape index (κ3) is 5.27. The number of aryl methyl sites for hydroxylation is 1. The molecule has 0 bridgehead atoms. The van der Waals surface area contributed by atoms with Crippen molar-refractivity contribution in [3.8, 4) is 5.75 Å². The van der Waals surface area contributed by atoms with Crippen molar-refractivity contribution in [1.29, 1.82) is 0 Å². The maximum Gasteiger partial charge on any atom is 0.226 e. The highest BCUT2D eigenvalue weighted by Crippen LogP contribution is 2.60. The maximum absolute atomic E-state index is 13.0. The number of carbonyl (C=O) groups is 1. The number of amides is 1. The molecule has 5 heteroatoms. The average molecular weight is 422 g/mol. The van der Waals surface area contributed by atoms with E-state index in [0.29, 0.717) is 25.1 Å². The second-order valence-electron chi connectivity index (χ2n) is 9.49. The molecule has 1 aliphatic carbocycles. The highest BCUT2D eigenvalue weighted by atomic mass is 16.5. The van der Waals surface area contributed by atoms with Gasteiger partial charge in [-0.2, -0.15) is 0 Å². The van der Waals surface area contributed by atoms with Crippen LogP contribution in [0.1, 0.15) is 37.3 Å². The molecule has 1 amide bonds. The zero-order valence-corrected chi connectivity index (χ0v) is 19.1. The van der Waals surface area contributed by atoms with Crippen molar-refractivity contribution >= 4 is 5.91 Å². The maximum atomic E-state index is 13.0. The average Bonchev–Trinajstić information content (AvgIpc) is 3.48. The summed E-state index contributed by atoms with van der Waals surface area (Å²) in [6.07, 6.45) is 8.15. The summed E-state index contributed by atoms with van der Waals surface area (Å²) in [4.78, 5) is 21.7. The first kappa shape index (κ1) is 21.8. The molecule has 1 saturated carbocycles. The van der Waals surface area contributed by atoms with Gasteiger partial charge in [-0.1, -0.05) is 23.8 Å². The predicted molar refractivity (Wildman–Crippen MR) is 123 cm³/mol. The molecule has 2 fully saturated rings. The van der Waals surface area contributed by atoms with E-state index in [4.69, 9.17) is 4.74 Å². The highest BCUT2D eigenvalue weighted by molar-refractivity contribution is 5.82. The van der Waals surface area contributed by atoms with Gasteiger partial charge in [-0.3, -0.25) is 9.78 Å². The Bertz CT molecular complexity index is 860. The number of ether oxygens (including phenoxy) is 1. The molecule has 5 nitrogen and oxygen atoms in total. The van der Waals surface area contributed by atoms with Crippen molar-refractivity contribution in [1.82, 2.24) is 14.8 Å². The summed E-state index contributed by atoms with van der Waals surface area (Å²) in [5.41, 5.74) is 2.76. The number of hydrogen-bond acceptors (Lipinski definition) is 4. The summed E-state index contributed by atoms with van der Waals surface area (Å²) in [5.74, 6) is 1.36. The van der Waals surface area contributed by atoms with Crippen LogP contribution in [0.15, 0.2) is 48.8 Å². The van der Waals surface area contributed by atoms with Crippen LogP contribution in [0.2, 0.25) is 0 Å². The van der Waals surface area contributed by atoms with Crippen molar-refractivity contribution in [3.05, 3.63) is 59.9 Å². The fourth-order valence-corrected chi connectivity index (χ4v) is 4.96.